The fourth-order valence-electron chi connectivity index (χ4n) is 3.73. The van der Waals surface area contributed by atoms with Crippen molar-refractivity contribution in [3.8, 4) is 0 Å². The van der Waals surface area contributed by atoms with Crippen molar-refractivity contribution in [2.75, 3.05) is 38.0 Å². The van der Waals surface area contributed by atoms with Crippen LogP contribution in [-0.4, -0.2) is 75.5 Å². The highest BCUT2D eigenvalue weighted by Crippen LogP contribution is 2.40. The molecule has 1 aliphatic heterocycles. The number of nitrogens with zero attached hydrogens (tertiary/aromatic N) is 4. The largest absolute Gasteiger partial charge is 0.392 e. The van der Waals surface area contributed by atoms with Crippen LogP contribution in [0.4, 0.5) is 5.82 Å². The Balaban J connectivity index is 1.49. The normalized spacial score (nSPS) is 24.9. The van der Waals surface area contributed by atoms with Crippen LogP contribution in [0.15, 0.2) is 12.3 Å². The molecule has 2 fully saturated rings. The van der Waals surface area contributed by atoms with Crippen molar-refractivity contribution < 1.29 is 9.90 Å². The molecular weight excluding hydrogens is 318 g/mol. The molecule has 3 rings (SSSR count). The van der Waals surface area contributed by atoms with Crippen LogP contribution in [0.3, 0.4) is 0 Å². The molecule has 3 atom stereocenters. The number of aromatic nitrogens is 2. The summed E-state index contributed by atoms with van der Waals surface area (Å²) in [6.45, 7) is 9.81. The second-order valence-electron chi connectivity index (χ2n) is 7.72. The topological polar surface area (TPSA) is 73.6 Å². The van der Waals surface area contributed by atoms with Crippen LogP contribution in [0.2, 0.25) is 0 Å². The summed E-state index contributed by atoms with van der Waals surface area (Å²) in [6.07, 6.45) is 3.95. The van der Waals surface area contributed by atoms with Gasteiger partial charge in [0.2, 0.25) is 5.91 Å². The number of anilines is 1. The number of aliphatic hydroxyl groups excluding tert-OH is 1. The average molecular weight is 349 g/mol. The van der Waals surface area contributed by atoms with Gasteiger partial charge in [0.15, 0.2) is 0 Å². The number of hydrogen-bond donors (Lipinski definition) is 2. The van der Waals surface area contributed by atoms with Gasteiger partial charge in [0, 0.05) is 38.3 Å². The molecule has 1 aromatic rings. The van der Waals surface area contributed by atoms with Gasteiger partial charge in [-0.3, -0.25) is 14.6 Å². The van der Waals surface area contributed by atoms with Crippen LogP contribution < -0.4 is 5.32 Å². The third-order valence-electron chi connectivity index (χ3n) is 5.34. The summed E-state index contributed by atoms with van der Waals surface area (Å²) in [7, 11) is 0. The molecular formula is C18H31N5O2. The van der Waals surface area contributed by atoms with E-state index in [0.29, 0.717) is 31.1 Å². The number of hydrogen-bond acceptors (Lipinski definition) is 5. The lowest BCUT2D eigenvalue weighted by molar-refractivity contribution is -0.118. The zero-order chi connectivity index (χ0) is 18.0. The molecule has 1 amide bonds. The van der Waals surface area contributed by atoms with E-state index in [1.165, 1.54) is 12.8 Å². The van der Waals surface area contributed by atoms with Gasteiger partial charge in [0.05, 0.1) is 24.9 Å². The molecule has 2 heterocycles. The SMILES string of the molecule is C[C@H](O)CN1CCN(CC(=O)Nc2ccnn2[C@@H](C)C2CC2)C[C@@H]1C. The number of carbonyl (C=O) groups excluding carboxylic acids is 1. The third kappa shape index (κ3) is 4.80. The summed E-state index contributed by atoms with van der Waals surface area (Å²) in [4.78, 5) is 16.9. The maximum absolute atomic E-state index is 12.5. The Hall–Kier alpha value is -1.44. The zero-order valence-electron chi connectivity index (χ0n) is 15.6. The molecule has 1 aromatic heterocycles. The lowest BCUT2D eigenvalue weighted by atomic mass is 10.1. The van der Waals surface area contributed by atoms with Crippen molar-refractivity contribution in [1.82, 2.24) is 19.6 Å². The minimum Gasteiger partial charge on any atom is -0.392 e. The molecule has 25 heavy (non-hydrogen) atoms. The van der Waals surface area contributed by atoms with Crippen LogP contribution in [0.5, 0.6) is 0 Å². The maximum atomic E-state index is 12.5. The highest BCUT2D eigenvalue weighted by atomic mass is 16.3. The smallest absolute Gasteiger partial charge is 0.239 e. The highest BCUT2D eigenvalue weighted by molar-refractivity contribution is 5.91. The molecule has 140 valence electrons. The quantitative estimate of drug-likeness (QED) is 0.773. The molecule has 0 aromatic carbocycles. The van der Waals surface area contributed by atoms with Gasteiger partial charge in [-0.1, -0.05) is 0 Å². The predicted molar refractivity (Wildman–Crippen MR) is 97.4 cm³/mol. The molecule has 2 N–H and O–H groups in total. The van der Waals surface area contributed by atoms with Crippen molar-refractivity contribution in [2.45, 2.75) is 51.8 Å². The van der Waals surface area contributed by atoms with Crippen molar-refractivity contribution >= 4 is 11.7 Å². The molecule has 2 aliphatic rings. The summed E-state index contributed by atoms with van der Waals surface area (Å²) in [5.74, 6) is 1.50. The van der Waals surface area contributed by atoms with Crippen LogP contribution in [0.25, 0.3) is 0 Å². The molecule has 0 radical (unpaired) electrons. The summed E-state index contributed by atoms with van der Waals surface area (Å²) < 4.78 is 1.94. The lowest BCUT2D eigenvalue weighted by Gasteiger charge is -2.40. The van der Waals surface area contributed by atoms with E-state index in [-0.39, 0.29) is 12.0 Å². The van der Waals surface area contributed by atoms with Gasteiger partial charge in [-0.2, -0.15) is 5.10 Å². The first-order valence-electron chi connectivity index (χ1n) is 9.42. The number of nitrogens with one attached hydrogen (secondary N) is 1. The van der Waals surface area contributed by atoms with Crippen LogP contribution in [-0.2, 0) is 4.79 Å². The van der Waals surface area contributed by atoms with Gasteiger partial charge in [-0.15, -0.1) is 0 Å². The van der Waals surface area contributed by atoms with E-state index in [1.807, 2.05) is 17.7 Å². The predicted octanol–water partition coefficient (Wildman–Crippen LogP) is 1.18. The minimum atomic E-state index is -0.314. The third-order valence-corrected chi connectivity index (χ3v) is 5.34. The van der Waals surface area contributed by atoms with E-state index in [4.69, 9.17) is 0 Å². The molecule has 0 spiro atoms. The van der Waals surface area contributed by atoms with Gasteiger partial charge >= 0.3 is 0 Å². The van der Waals surface area contributed by atoms with Crippen molar-refractivity contribution in [1.29, 1.82) is 0 Å². The monoisotopic (exact) mass is 349 g/mol. The first-order valence-corrected chi connectivity index (χ1v) is 9.42. The van der Waals surface area contributed by atoms with Crippen molar-refractivity contribution in [3.05, 3.63) is 12.3 Å². The number of aliphatic hydroxyl groups is 1. The summed E-state index contributed by atoms with van der Waals surface area (Å²) in [6, 6.07) is 2.56. The van der Waals surface area contributed by atoms with Gasteiger partial charge in [0.25, 0.3) is 0 Å². The van der Waals surface area contributed by atoms with Gasteiger partial charge in [-0.05, 0) is 39.5 Å². The molecule has 1 saturated heterocycles. The number of β-amino-alcohol motifs (C(OH)–C–C–N with tert-alkyl or cyclic N) is 1. The first kappa shape index (κ1) is 18.4. The number of carbonyl (C=O) groups is 1. The Morgan fingerprint density at radius 2 is 2.16 bits per heavy atom. The van der Waals surface area contributed by atoms with E-state index < -0.39 is 0 Å². The molecule has 7 nitrogen and oxygen atoms in total. The Bertz CT molecular complexity index is 584. The molecule has 7 heteroatoms. The van der Waals surface area contributed by atoms with Crippen molar-refractivity contribution in [3.63, 3.8) is 0 Å². The molecule has 0 bridgehead atoms. The fraction of sp³-hybridized carbons (Fsp3) is 0.778. The van der Waals surface area contributed by atoms with Crippen LogP contribution in [0, 0.1) is 5.92 Å². The van der Waals surface area contributed by atoms with Crippen LogP contribution in [0.1, 0.15) is 39.7 Å². The maximum Gasteiger partial charge on any atom is 0.239 e. The van der Waals surface area contributed by atoms with E-state index >= 15 is 0 Å². The van der Waals surface area contributed by atoms with E-state index in [9.17, 15) is 9.90 Å². The molecule has 1 aliphatic carbocycles. The summed E-state index contributed by atoms with van der Waals surface area (Å²) in [5.41, 5.74) is 0. The molecule has 0 unspecified atom stereocenters. The number of amides is 1. The van der Waals surface area contributed by atoms with Crippen LogP contribution >= 0.6 is 0 Å². The zero-order valence-corrected chi connectivity index (χ0v) is 15.6. The second kappa shape index (κ2) is 7.85. The van der Waals surface area contributed by atoms with Gasteiger partial charge in [-0.25, -0.2) is 4.68 Å². The Morgan fingerprint density at radius 1 is 1.40 bits per heavy atom. The van der Waals surface area contributed by atoms with E-state index in [0.717, 1.165) is 25.5 Å². The van der Waals surface area contributed by atoms with E-state index in [2.05, 4.69) is 34.1 Å². The van der Waals surface area contributed by atoms with Crippen molar-refractivity contribution in [2.24, 2.45) is 5.92 Å². The number of rotatable bonds is 7. The second-order valence-corrected chi connectivity index (χ2v) is 7.72. The van der Waals surface area contributed by atoms with E-state index in [1.54, 1.807) is 6.20 Å². The van der Waals surface area contributed by atoms with Gasteiger partial charge < -0.3 is 10.4 Å². The minimum absolute atomic E-state index is 0.0147. The Morgan fingerprint density at radius 3 is 2.80 bits per heavy atom. The summed E-state index contributed by atoms with van der Waals surface area (Å²) in [5, 5.41) is 17.0. The fourth-order valence-corrected chi connectivity index (χ4v) is 3.73. The standard InChI is InChI=1S/C18H31N5O2/c1-13-10-21(8-9-22(13)11-14(2)24)12-18(25)20-17-6-7-19-23(17)15(3)16-4-5-16/h6-7,13-16,24H,4-5,8-12H2,1-3H3,(H,20,25)/t13-,14-,15-/m0/s1. The molecule has 1 saturated carbocycles. The Labute approximate surface area is 150 Å². The lowest BCUT2D eigenvalue weighted by Crippen LogP contribution is -2.54. The average Bonchev–Trinajstić information content (AvgIpc) is 3.29. The summed E-state index contributed by atoms with van der Waals surface area (Å²) >= 11 is 0. The van der Waals surface area contributed by atoms with Gasteiger partial charge in [0.1, 0.15) is 5.82 Å². The highest BCUT2D eigenvalue weighted by Gasteiger charge is 2.31. The first-order chi connectivity index (χ1) is 11.9. The Kier molecular flexibility index (Phi) is 5.76. The number of piperazine rings is 1.